The SMILES string of the molecule is CC/C=C\C/C=C\C/C=C\C/C=C\C/C=C\CCCC(=O)OC(COC(=O)CCCCCCCCCCCCCCCCCC/C=C\C/C=C\C/C=C\CCCCCCC)COP(=O)(O)OCC[N+](C)(C)C. The number of allylic oxidation sites excluding steroid dienone is 16. The molecule has 0 aromatic carbocycles. The van der Waals surface area contributed by atoms with Gasteiger partial charge in [0.2, 0.25) is 0 Å². The van der Waals surface area contributed by atoms with E-state index < -0.39 is 26.5 Å². The van der Waals surface area contributed by atoms with Crippen LogP contribution in [0.15, 0.2) is 97.2 Å². The molecule has 0 aliphatic carbocycles. The van der Waals surface area contributed by atoms with E-state index in [1.807, 2.05) is 27.2 Å². The van der Waals surface area contributed by atoms with E-state index in [9.17, 15) is 19.0 Å². The van der Waals surface area contributed by atoms with Crippen LogP contribution in [0.3, 0.4) is 0 Å². The number of phosphoric ester groups is 1. The molecule has 0 bridgehead atoms. The summed E-state index contributed by atoms with van der Waals surface area (Å²) in [4.78, 5) is 35.6. The van der Waals surface area contributed by atoms with E-state index in [1.165, 1.54) is 128 Å². The third-order valence-corrected chi connectivity index (χ3v) is 13.1. The number of unbranched alkanes of at least 4 members (excludes halogenated alkanes) is 22. The molecule has 0 saturated carbocycles. The zero-order chi connectivity index (χ0) is 52.7. The summed E-state index contributed by atoms with van der Waals surface area (Å²) in [6, 6.07) is 0. The summed E-state index contributed by atoms with van der Waals surface area (Å²) >= 11 is 0. The Bertz CT molecular complexity index is 1540. The van der Waals surface area contributed by atoms with E-state index in [1.54, 1.807) is 0 Å². The molecule has 0 fully saturated rings. The number of nitrogens with zero attached hydrogens (tertiary/aromatic N) is 1. The highest BCUT2D eigenvalue weighted by atomic mass is 31.2. The molecule has 0 saturated heterocycles. The predicted molar refractivity (Wildman–Crippen MR) is 307 cm³/mol. The minimum atomic E-state index is -4.40. The van der Waals surface area contributed by atoms with Gasteiger partial charge >= 0.3 is 19.8 Å². The third-order valence-electron chi connectivity index (χ3n) is 12.1. The van der Waals surface area contributed by atoms with Gasteiger partial charge in [-0.05, 0) is 89.9 Å². The zero-order valence-electron chi connectivity index (χ0n) is 46.9. The molecule has 0 aromatic rings. The number of quaternary nitrogens is 1. The second-order valence-corrected chi connectivity index (χ2v) is 21.7. The van der Waals surface area contributed by atoms with Crippen LogP contribution in [0.1, 0.15) is 232 Å². The largest absolute Gasteiger partial charge is 0.472 e. The Morgan fingerprint density at radius 1 is 0.444 bits per heavy atom. The number of rotatable bonds is 52. The van der Waals surface area contributed by atoms with Gasteiger partial charge in [0.1, 0.15) is 19.8 Å². The van der Waals surface area contributed by atoms with Crippen molar-refractivity contribution in [2.45, 2.75) is 238 Å². The molecule has 2 atom stereocenters. The molecule has 9 nitrogen and oxygen atoms in total. The molecule has 1 N–H and O–H groups in total. The molecule has 0 spiro atoms. The lowest BCUT2D eigenvalue weighted by molar-refractivity contribution is -0.870. The highest BCUT2D eigenvalue weighted by Crippen LogP contribution is 2.43. The summed E-state index contributed by atoms with van der Waals surface area (Å²) in [5.41, 5.74) is 0. The smallest absolute Gasteiger partial charge is 0.462 e. The maximum absolute atomic E-state index is 12.7. The van der Waals surface area contributed by atoms with E-state index in [0.29, 0.717) is 23.9 Å². The van der Waals surface area contributed by atoms with Crippen molar-refractivity contribution in [3.63, 3.8) is 0 Å². The lowest BCUT2D eigenvalue weighted by Gasteiger charge is -2.24. The number of esters is 2. The lowest BCUT2D eigenvalue weighted by atomic mass is 10.0. The fourth-order valence-electron chi connectivity index (χ4n) is 7.65. The van der Waals surface area contributed by atoms with Gasteiger partial charge in [-0.3, -0.25) is 18.6 Å². The van der Waals surface area contributed by atoms with E-state index in [2.05, 4.69) is 105 Å². The molecular weight excluding hydrogens is 918 g/mol. The third kappa shape index (κ3) is 56.2. The maximum Gasteiger partial charge on any atom is 0.472 e. The van der Waals surface area contributed by atoms with Crippen molar-refractivity contribution in [3.05, 3.63) is 97.2 Å². The Morgan fingerprint density at radius 3 is 1.22 bits per heavy atom. The molecule has 0 radical (unpaired) electrons. The van der Waals surface area contributed by atoms with E-state index in [4.69, 9.17) is 18.5 Å². The van der Waals surface area contributed by atoms with Crippen molar-refractivity contribution in [2.75, 3.05) is 47.5 Å². The van der Waals surface area contributed by atoms with Gasteiger partial charge in [-0.1, -0.05) is 227 Å². The minimum Gasteiger partial charge on any atom is -0.462 e. The second-order valence-electron chi connectivity index (χ2n) is 20.3. The van der Waals surface area contributed by atoms with Gasteiger partial charge < -0.3 is 18.9 Å². The standard InChI is InChI=1S/C62H108NO8P/c1-6-8-10-12-14-16-18-20-22-24-25-26-27-28-29-30-31-32-33-34-35-36-37-39-40-42-44-46-48-50-52-54-61(64)68-58-60(59-70-72(66,67)69-57-56-63(3,4)5)71-62(65)55-53-51-49-47-45-43-41-38-23-21-19-17-15-13-11-9-7-2/h9,11,15,17-18,20-21,23-25,27-28,41,43,47,49,60H,6-8,10,12-14,16,19,22,26,29-40,42,44-46,48,50-59H2,1-5H3/p+1/b11-9-,17-15-,20-18-,23-21-,25-24-,28-27-,43-41-,49-47-. The molecule has 0 amide bonds. The fourth-order valence-corrected chi connectivity index (χ4v) is 8.39. The van der Waals surface area contributed by atoms with Gasteiger partial charge in [-0.15, -0.1) is 0 Å². The number of carbonyl (C=O) groups is 2. The Kier molecular flexibility index (Phi) is 50.5. The molecule has 2 unspecified atom stereocenters. The highest BCUT2D eigenvalue weighted by Gasteiger charge is 2.27. The van der Waals surface area contributed by atoms with Crippen molar-refractivity contribution < 1.29 is 42.1 Å². The lowest BCUT2D eigenvalue weighted by Crippen LogP contribution is -2.37. The first-order valence-electron chi connectivity index (χ1n) is 29.0. The van der Waals surface area contributed by atoms with Crippen LogP contribution in [0, 0.1) is 0 Å². The normalized spacial score (nSPS) is 14.0. The Labute approximate surface area is 443 Å². The van der Waals surface area contributed by atoms with Crippen LogP contribution >= 0.6 is 7.82 Å². The molecule has 0 aliphatic heterocycles. The van der Waals surface area contributed by atoms with E-state index in [0.717, 1.165) is 64.2 Å². The van der Waals surface area contributed by atoms with Crippen LogP contribution in [-0.4, -0.2) is 74.9 Å². The Morgan fingerprint density at radius 2 is 0.806 bits per heavy atom. The summed E-state index contributed by atoms with van der Waals surface area (Å²) < 4.78 is 34.4. The Balaban J connectivity index is 4.14. The van der Waals surface area contributed by atoms with E-state index in [-0.39, 0.29) is 32.0 Å². The van der Waals surface area contributed by atoms with Crippen molar-refractivity contribution in [1.82, 2.24) is 0 Å². The molecule has 0 rings (SSSR count). The fraction of sp³-hybridized carbons (Fsp3) is 0.710. The summed E-state index contributed by atoms with van der Waals surface area (Å²) in [5, 5.41) is 0. The van der Waals surface area contributed by atoms with Gasteiger partial charge in [-0.2, -0.15) is 0 Å². The molecule has 0 heterocycles. The van der Waals surface area contributed by atoms with Crippen LogP contribution in [0.4, 0.5) is 0 Å². The van der Waals surface area contributed by atoms with Gasteiger partial charge in [-0.25, -0.2) is 4.57 Å². The maximum atomic E-state index is 12.7. The summed E-state index contributed by atoms with van der Waals surface area (Å²) in [6.07, 6.45) is 72.1. The van der Waals surface area contributed by atoms with Gasteiger partial charge in [0.15, 0.2) is 6.10 Å². The van der Waals surface area contributed by atoms with Crippen LogP contribution < -0.4 is 0 Å². The molecule has 414 valence electrons. The van der Waals surface area contributed by atoms with Crippen LogP contribution in [0.5, 0.6) is 0 Å². The minimum absolute atomic E-state index is 0.0170. The average molecular weight is 1030 g/mol. The number of hydrogen-bond donors (Lipinski definition) is 1. The topological polar surface area (TPSA) is 108 Å². The summed E-state index contributed by atoms with van der Waals surface area (Å²) in [6.45, 7) is 4.24. The zero-order valence-corrected chi connectivity index (χ0v) is 47.8. The number of likely N-dealkylation sites (N-methyl/N-ethyl adjacent to an activating group) is 1. The summed E-state index contributed by atoms with van der Waals surface area (Å²) in [5.74, 6) is -0.868. The number of hydrogen-bond acceptors (Lipinski definition) is 7. The Hall–Kier alpha value is -3.07. The summed E-state index contributed by atoms with van der Waals surface area (Å²) in [7, 11) is 1.43. The van der Waals surface area contributed by atoms with Crippen molar-refractivity contribution in [1.29, 1.82) is 0 Å². The van der Waals surface area contributed by atoms with Crippen molar-refractivity contribution in [3.8, 4) is 0 Å². The van der Waals surface area contributed by atoms with Crippen molar-refractivity contribution in [2.24, 2.45) is 0 Å². The average Bonchev–Trinajstić information content (AvgIpc) is 3.34. The first-order chi connectivity index (χ1) is 35.0. The molecule has 72 heavy (non-hydrogen) atoms. The number of carbonyl (C=O) groups excluding carboxylic acids is 2. The molecule has 10 heteroatoms. The molecule has 0 aliphatic rings. The van der Waals surface area contributed by atoms with Gasteiger partial charge in [0.05, 0.1) is 27.7 Å². The first kappa shape index (κ1) is 68.9. The van der Waals surface area contributed by atoms with Gasteiger partial charge in [0.25, 0.3) is 0 Å². The van der Waals surface area contributed by atoms with Crippen LogP contribution in [0.25, 0.3) is 0 Å². The van der Waals surface area contributed by atoms with Crippen molar-refractivity contribution >= 4 is 19.8 Å². The second kappa shape index (κ2) is 52.8. The molecular formula is C62H109NO8P+. The monoisotopic (exact) mass is 1030 g/mol. The highest BCUT2D eigenvalue weighted by molar-refractivity contribution is 7.47. The van der Waals surface area contributed by atoms with E-state index >= 15 is 0 Å². The quantitative estimate of drug-likeness (QED) is 0.0211. The first-order valence-corrected chi connectivity index (χ1v) is 30.5. The number of phosphoric acid groups is 1. The van der Waals surface area contributed by atoms with Gasteiger partial charge in [0, 0.05) is 12.8 Å². The van der Waals surface area contributed by atoms with Crippen LogP contribution in [-0.2, 0) is 32.7 Å². The number of ether oxygens (including phenoxy) is 2. The predicted octanol–water partition coefficient (Wildman–Crippen LogP) is 18.0. The molecule has 0 aromatic heterocycles. The van der Waals surface area contributed by atoms with Crippen LogP contribution in [0.2, 0.25) is 0 Å².